The van der Waals surface area contributed by atoms with Crippen LogP contribution in [0.3, 0.4) is 0 Å². The van der Waals surface area contributed by atoms with Gasteiger partial charge in [-0.25, -0.2) is 0 Å². The maximum atomic E-state index is 11.5. The van der Waals surface area contributed by atoms with E-state index in [9.17, 15) is 4.79 Å². The fraction of sp³-hybridized carbons (Fsp3) is 0.300. The summed E-state index contributed by atoms with van der Waals surface area (Å²) in [6.07, 6.45) is -1.21. The molecule has 4 nitrogen and oxygen atoms in total. The third kappa shape index (κ3) is 2.38. The third-order valence-corrected chi connectivity index (χ3v) is 1.96. The lowest BCUT2D eigenvalue weighted by Gasteiger charge is -2.14. The molecule has 1 aromatic rings. The van der Waals surface area contributed by atoms with Crippen LogP contribution in [0.2, 0.25) is 0 Å². The normalized spacial score (nSPS) is 14.8. The minimum absolute atomic E-state index is 0.368. The van der Waals surface area contributed by atoms with Gasteiger partial charge in [0.1, 0.15) is 0 Å². The van der Waals surface area contributed by atoms with Crippen LogP contribution >= 0.6 is 0 Å². The lowest BCUT2D eigenvalue weighted by atomic mass is 10.0. The van der Waals surface area contributed by atoms with Crippen molar-refractivity contribution in [3.05, 3.63) is 35.9 Å². The first-order chi connectivity index (χ1) is 6.66. The number of nitrogens with two attached hydrogens (primary N) is 1. The Bertz CT molecular complexity index is 299. The maximum absolute atomic E-state index is 11.5. The number of aliphatic hydroxyl groups is 2. The average molecular weight is 195 g/mol. The van der Waals surface area contributed by atoms with Crippen molar-refractivity contribution in [2.24, 2.45) is 5.73 Å². The van der Waals surface area contributed by atoms with Gasteiger partial charge in [-0.1, -0.05) is 30.3 Å². The molecular formula is C10H13NO3. The highest BCUT2D eigenvalue weighted by molar-refractivity contribution is 6.00. The molecule has 0 fully saturated rings. The molecule has 0 aliphatic rings. The summed E-state index contributed by atoms with van der Waals surface area (Å²) in [6.45, 7) is -0.514. The van der Waals surface area contributed by atoms with E-state index in [1.165, 1.54) is 0 Å². The molecule has 0 unspecified atom stereocenters. The Morgan fingerprint density at radius 2 is 1.93 bits per heavy atom. The number of aliphatic hydroxyl groups excluding tert-OH is 2. The fourth-order valence-corrected chi connectivity index (χ4v) is 1.08. The molecule has 0 radical (unpaired) electrons. The second kappa shape index (κ2) is 4.85. The molecule has 4 N–H and O–H groups in total. The van der Waals surface area contributed by atoms with E-state index in [2.05, 4.69) is 0 Å². The van der Waals surface area contributed by atoms with Crippen LogP contribution in [0.5, 0.6) is 0 Å². The Hall–Kier alpha value is -1.23. The topological polar surface area (TPSA) is 83.6 Å². The van der Waals surface area contributed by atoms with E-state index in [4.69, 9.17) is 15.9 Å². The number of Topliss-reactive ketones (excluding diaryl/α,β-unsaturated/α-hetero) is 1. The van der Waals surface area contributed by atoms with Crippen molar-refractivity contribution in [3.8, 4) is 0 Å². The van der Waals surface area contributed by atoms with Gasteiger partial charge < -0.3 is 15.9 Å². The largest absolute Gasteiger partial charge is 0.394 e. The lowest BCUT2D eigenvalue weighted by molar-refractivity contribution is 0.0603. The van der Waals surface area contributed by atoms with E-state index >= 15 is 0 Å². The standard InChI is InChI=1S/C10H13NO3/c11-9(8(13)6-12)10(14)7-4-2-1-3-5-7/h1-5,8-9,12-13H,6,11H2/t8-,9-/m0/s1. The van der Waals surface area contributed by atoms with E-state index < -0.39 is 18.8 Å². The van der Waals surface area contributed by atoms with Crippen LogP contribution in [-0.2, 0) is 0 Å². The quantitative estimate of drug-likeness (QED) is 0.568. The molecule has 14 heavy (non-hydrogen) atoms. The molecule has 0 amide bonds. The van der Waals surface area contributed by atoms with Gasteiger partial charge in [-0.3, -0.25) is 4.79 Å². The van der Waals surface area contributed by atoms with Crippen LogP contribution in [-0.4, -0.2) is 34.7 Å². The smallest absolute Gasteiger partial charge is 0.182 e. The number of hydrogen-bond donors (Lipinski definition) is 3. The van der Waals surface area contributed by atoms with Crippen molar-refractivity contribution in [2.75, 3.05) is 6.61 Å². The summed E-state index contributed by atoms with van der Waals surface area (Å²) >= 11 is 0. The molecule has 2 atom stereocenters. The van der Waals surface area contributed by atoms with Gasteiger partial charge in [0.25, 0.3) is 0 Å². The zero-order valence-corrected chi connectivity index (χ0v) is 7.63. The van der Waals surface area contributed by atoms with Crippen LogP contribution in [0.1, 0.15) is 10.4 Å². The van der Waals surface area contributed by atoms with Crippen LogP contribution in [0.4, 0.5) is 0 Å². The molecule has 0 bridgehead atoms. The lowest BCUT2D eigenvalue weighted by Crippen LogP contribution is -2.43. The van der Waals surface area contributed by atoms with Gasteiger partial charge in [0.2, 0.25) is 0 Å². The Morgan fingerprint density at radius 1 is 1.36 bits per heavy atom. The molecule has 0 spiro atoms. The number of rotatable bonds is 4. The summed E-state index contributed by atoms with van der Waals surface area (Å²) in [5, 5.41) is 17.8. The summed E-state index contributed by atoms with van der Waals surface area (Å²) in [7, 11) is 0. The number of benzene rings is 1. The van der Waals surface area contributed by atoms with Crippen molar-refractivity contribution in [1.29, 1.82) is 0 Å². The highest BCUT2D eigenvalue weighted by Gasteiger charge is 2.22. The minimum atomic E-state index is -1.21. The first kappa shape index (κ1) is 10.8. The van der Waals surface area contributed by atoms with Crippen LogP contribution < -0.4 is 5.73 Å². The summed E-state index contributed by atoms with van der Waals surface area (Å²) in [5.41, 5.74) is 5.88. The number of carbonyl (C=O) groups is 1. The first-order valence-electron chi connectivity index (χ1n) is 4.30. The van der Waals surface area contributed by atoms with Crippen molar-refractivity contribution in [1.82, 2.24) is 0 Å². The Kier molecular flexibility index (Phi) is 3.76. The van der Waals surface area contributed by atoms with Crippen molar-refractivity contribution in [2.45, 2.75) is 12.1 Å². The van der Waals surface area contributed by atoms with Crippen LogP contribution in [0.25, 0.3) is 0 Å². The van der Waals surface area contributed by atoms with Crippen molar-refractivity contribution >= 4 is 5.78 Å². The molecule has 4 heteroatoms. The summed E-state index contributed by atoms with van der Waals surface area (Å²) in [5.74, 6) is -0.368. The van der Waals surface area contributed by atoms with Crippen LogP contribution in [0.15, 0.2) is 30.3 Å². The van der Waals surface area contributed by atoms with E-state index in [1.807, 2.05) is 0 Å². The van der Waals surface area contributed by atoms with Gasteiger partial charge in [-0.05, 0) is 0 Å². The van der Waals surface area contributed by atoms with Crippen molar-refractivity contribution in [3.63, 3.8) is 0 Å². The molecule has 0 aliphatic carbocycles. The maximum Gasteiger partial charge on any atom is 0.182 e. The highest BCUT2D eigenvalue weighted by atomic mass is 16.3. The molecule has 1 aromatic carbocycles. The van der Waals surface area contributed by atoms with E-state index in [-0.39, 0.29) is 5.78 Å². The molecule has 0 heterocycles. The number of ketones is 1. The van der Waals surface area contributed by atoms with Gasteiger partial charge in [-0.2, -0.15) is 0 Å². The Morgan fingerprint density at radius 3 is 2.43 bits per heavy atom. The van der Waals surface area contributed by atoms with Gasteiger partial charge in [0, 0.05) is 5.56 Å². The summed E-state index contributed by atoms with van der Waals surface area (Å²) < 4.78 is 0. The monoisotopic (exact) mass is 195 g/mol. The second-order valence-electron chi connectivity index (χ2n) is 3.01. The second-order valence-corrected chi connectivity index (χ2v) is 3.01. The summed E-state index contributed by atoms with van der Waals surface area (Å²) in [4.78, 5) is 11.5. The molecule has 0 saturated carbocycles. The first-order valence-corrected chi connectivity index (χ1v) is 4.30. The predicted molar refractivity (Wildman–Crippen MR) is 51.8 cm³/mol. The zero-order valence-electron chi connectivity index (χ0n) is 7.63. The van der Waals surface area contributed by atoms with Gasteiger partial charge >= 0.3 is 0 Å². The fourth-order valence-electron chi connectivity index (χ4n) is 1.08. The van der Waals surface area contributed by atoms with Gasteiger partial charge in [-0.15, -0.1) is 0 Å². The SMILES string of the molecule is N[C@H](C(=O)c1ccccc1)[C@@H](O)CO. The van der Waals surface area contributed by atoms with Gasteiger partial charge in [0.05, 0.1) is 18.8 Å². The van der Waals surface area contributed by atoms with E-state index in [0.717, 1.165) is 0 Å². The molecule has 76 valence electrons. The van der Waals surface area contributed by atoms with E-state index in [0.29, 0.717) is 5.56 Å². The third-order valence-electron chi connectivity index (χ3n) is 1.96. The van der Waals surface area contributed by atoms with Gasteiger partial charge in [0.15, 0.2) is 5.78 Å². The molecule has 0 aromatic heterocycles. The molecule has 0 aliphatic heterocycles. The van der Waals surface area contributed by atoms with E-state index in [1.54, 1.807) is 30.3 Å². The highest BCUT2D eigenvalue weighted by Crippen LogP contribution is 2.04. The van der Waals surface area contributed by atoms with Crippen molar-refractivity contribution < 1.29 is 15.0 Å². The Labute approximate surface area is 82.0 Å². The number of carbonyl (C=O) groups excluding carboxylic acids is 1. The predicted octanol–water partition coefficient (Wildman–Crippen LogP) is -0.450. The molecular weight excluding hydrogens is 182 g/mol. The Balaban J connectivity index is 2.76. The number of hydrogen-bond acceptors (Lipinski definition) is 4. The summed E-state index contributed by atoms with van der Waals surface area (Å²) in [6, 6.07) is 7.38. The zero-order chi connectivity index (χ0) is 10.6. The average Bonchev–Trinajstić information content (AvgIpc) is 2.27. The van der Waals surface area contributed by atoms with Crippen LogP contribution in [0, 0.1) is 0 Å². The molecule has 0 saturated heterocycles. The molecule has 1 rings (SSSR count). The minimum Gasteiger partial charge on any atom is -0.394 e.